The van der Waals surface area contributed by atoms with Crippen LogP contribution in [0.1, 0.15) is 56.6 Å². The first-order chi connectivity index (χ1) is 18.5. The number of fused-ring (bicyclic) bond motifs is 1. The van der Waals surface area contributed by atoms with Crippen LogP contribution in [0.5, 0.6) is 5.75 Å². The van der Waals surface area contributed by atoms with Crippen molar-refractivity contribution in [3.63, 3.8) is 0 Å². The van der Waals surface area contributed by atoms with Crippen LogP contribution in [0.25, 0.3) is 0 Å². The Kier molecular flexibility index (Phi) is 11.1. The zero-order chi connectivity index (χ0) is 28.6. The zero-order valence-electron chi connectivity index (χ0n) is 23.3. The van der Waals surface area contributed by atoms with Crippen molar-refractivity contribution in [1.82, 2.24) is 20.9 Å². The van der Waals surface area contributed by atoms with Crippen LogP contribution in [0, 0.1) is 5.92 Å². The van der Waals surface area contributed by atoms with E-state index in [-0.39, 0.29) is 41.6 Å². The van der Waals surface area contributed by atoms with E-state index in [9.17, 15) is 24.3 Å². The van der Waals surface area contributed by atoms with Crippen molar-refractivity contribution in [3.05, 3.63) is 29.8 Å². The number of piperazine rings is 1. The van der Waals surface area contributed by atoms with Gasteiger partial charge in [0.25, 0.3) is 0 Å². The molecular formula is C28H44N5O5S+. The molecule has 2 heterocycles. The van der Waals surface area contributed by atoms with Crippen molar-refractivity contribution in [1.29, 1.82) is 0 Å². The SMILES string of the molecule is C[N+](C)(C)CCCC[C@@H]1NC(=O)[C@H]2C[C@@H](C(=O)NCCCCCNC(=O)CS)[C@@H](c3ccc(O)cc3)N2C1=O. The minimum Gasteiger partial charge on any atom is -0.508 e. The molecule has 2 aliphatic rings. The van der Waals surface area contributed by atoms with Gasteiger partial charge in [0.15, 0.2) is 0 Å². The summed E-state index contributed by atoms with van der Waals surface area (Å²) in [5, 5.41) is 18.5. The van der Waals surface area contributed by atoms with E-state index in [1.165, 1.54) is 0 Å². The summed E-state index contributed by atoms with van der Waals surface area (Å²) >= 11 is 3.93. The van der Waals surface area contributed by atoms with Gasteiger partial charge in [0.1, 0.15) is 17.8 Å². The lowest BCUT2D eigenvalue weighted by Crippen LogP contribution is -2.61. The molecule has 1 aromatic rings. The average molecular weight is 563 g/mol. The third kappa shape index (κ3) is 8.60. The number of quaternary nitrogens is 1. The van der Waals surface area contributed by atoms with Gasteiger partial charge in [0.05, 0.1) is 45.4 Å². The first-order valence-electron chi connectivity index (χ1n) is 13.9. The fourth-order valence-electron chi connectivity index (χ4n) is 5.40. The molecule has 216 valence electrons. The Morgan fingerprint density at radius 2 is 1.69 bits per heavy atom. The highest BCUT2D eigenvalue weighted by Crippen LogP contribution is 2.43. The van der Waals surface area contributed by atoms with Gasteiger partial charge in [-0.25, -0.2) is 0 Å². The number of rotatable bonds is 14. The Morgan fingerprint density at radius 1 is 1.03 bits per heavy atom. The van der Waals surface area contributed by atoms with E-state index in [2.05, 4.69) is 49.7 Å². The predicted molar refractivity (Wildman–Crippen MR) is 152 cm³/mol. The van der Waals surface area contributed by atoms with Gasteiger partial charge in [-0.1, -0.05) is 12.1 Å². The van der Waals surface area contributed by atoms with E-state index in [1.807, 2.05) is 0 Å². The van der Waals surface area contributed by atoms with Crippen LogP contribution in [-0.4, -0.2) is 96.7 Å². The highest BCUT2D eigenvalue weighted by Gasteiger charge is 2.54. The van der Waals surface area contributed by atoms with Gasteiger partial charge < -0.3 is 30.4 Å². The van der Waals surface area contributed by atoms with Crippen LogP contribution in [0.2, 0.25) is 0 Å². The number of benzene rings is 1. The summed E-state index contributed by atoms with van der Waals surface area (Å²) in [6.07, 6.45) is 4.96. The highest BCUT2D eigenvalue weighted by molar-refractivity contribution is 7.81. The number of hydrogen-bond donors (Lipinski definition) is 5. The number of hydrogen-bond acceptors (Lipinski definition) is 6. The quantitative estimate of drug-likeness (QED) is 0.133. The van der Waals surface area contributed by atoms with Crippen molar-refractivity contribution in [2.75, 3.05) is 46.5 Å². The fraction of sp³-hybridized carbons (Fsp3) is 0.643. The van der Waals surface area contributed by atoms with Crippen molar-refractivity contribution < 1.29 is 28.8 Å². The standard InChI is InChI=1S/C28H43N5O5S/c1-33(2,3)16-8-5-9-22-28(38)32-23(27(37)31-22)17-21(25(32)19-10-12-20(34)13-11-19)26(36)30-15-7-4-6-14-29-24(35)18-39/h10-13,21-23,25H,4-9,14-18H2,1-3H3,(H4-,29,30,31,34,35,36,37,39)/p+1/t21-,22+,23-,25-/m1/s1. The molecule has 4 N–H and O–H groups in total. The molecule has 39 heavy (non-hydrogen) atoms. The molecule has 0 unspecified atom stereocenters. The van der Waals surface area contributed by atoms with Crippen LogP contribution in [0.4, 0.5) is 0 Å². The number of carbonyl (C=O) groups is 4. The van der Waals surface area contributed by atoms with E-state index in [0.29, 0.717) is 19.5 Å². The second kappa shape index (κ2) is 14.0. The number of aromatic hydroxyl groups is 1. The minimum absolute atomic E-state index is 0.0951. The number of carbonyl (C=O) groups excluding carboxylic acids is 4. The minimum atomic E-state index is -0.704. The predicted octanol–water partition coefficient (Wildman–Crippen LogP) is 1.36. The van der Waals surface area contributed by atoms with Crippen LogP contribution in [0.3, 0.4) is 0 Å². The molecule has 2 aliphatic heterocycles. The number of phenolic OH excluding ortho intramolecular Hbond substituents is 1. The normalized spacial score (nSPS) is 22.8. The lowest BCUT2D eigenvalue weighted by Gasteiger charge is -2.38. The Morgan fingerprint density at radius 3 is 2.33 bits per heavy atom. The largest absolute Gasteiger partial charge is 0.508 e. The topological polar surface area (TPSA) is 128 Å². The van der Waals surface area contributed by atoms with Crippen molar-refractivity contribution >= 4 is 36.3 Å². The lowest BCUT2D eigenvalue weighted by molar-refractivity contribution is -0.870. The third-order valence-corrected chi connectivity index (χ3v) is 7.71. The van der Waals surface area contributed by atoms with Gasteiger partial charge >= 0.3 is 0 Å². The molecule has 2 saturated heterocycles. The molecule has 0 aromatic heterocycles. The van der Waals surface area contributed by atoms with Gasteiger partial charge in [-0.15, -0.1) is 0 Å². The summed E-state index contributed by atoms with van der Waals surface area (Å²) in [5.74, 6) is -0.982. The number of amides is 4. The van der Waals surface area contributed by atoms with E-state index >= 15 is 0 Å². The molecule has 3 rings (SSSR count). The van der Waals surface area contributed by atoms with Crippen molar-refractivity contribution in [2.24, 2.45) is 5.92 Å². The molecular weight excluding hydrogens is 518 g/mol. The molecule has 2 fully saturated rings. The Bertz CT molecular complexity index is 1010. The first kappa shape index (κ1) is 30.7. The second-order valence-corrected chi connectivity index (χ2v) is 11.9. The average Bonchev–Trinajstić information content (AvgIpc) is 3.30. The summed E-state index contributed by atoms with van der Waals surface area (Å²) in [6.45, 7) is 2.02. The number of unbranched alkanes of at least 4 members (excludes halogenated alkanes) is 3. The van der Waals surface area contributed by atoms with Crippen LogP contribution < -0.4 is 16.0 Å². The highest BCUT2D eigenvalue weighted by atomic mass is 32.1. The van der Waals surface area contributed by atoms with Crippen LogP contribution >= 0.6 is 12.6 Å². The van der Waals surface area contributed by atoms with E-state index in [0.717, 1.165) is 48.7 Å². The molecule has 0 saturated carbocycles. The maximum atomic E-state index is 13.7. The van der Waals surface area contributed by atoms with E-state index < -0.39 is 24.0 Å². The molecule has 0 bridgehead atoms. The second-order valence-electron chi connectivity index (χ2n) is 11.6. The first-order valence-corrected chi connectivity index (χ1v) is 14.5. The number of nitrogens with one attached hydrogen (secondary N) is 3. The van der Waals surface area contributed by atoms with Crippen LogP contribution in [-0.2, 0) is 19.2 Å². The molecule has 0 spiro atoms. The molecule has 11 heteroatoms. The summed E-state index contributed by atoms with van der Waals surface area (Å²) in [7, 11) is 6.38. The Balaban J connectivity index is 1.66. The summed E-state index contributed by atoms with van der Waals surface area (Å²) < 4.78 is 0.839. The number of thiol groups is 1. The number of phenols is 1. The maximum Gasteiger partial charge on any atom is 0.246 e. The van der Waals surface area contributed by atoms with Gasteiger partial charge in [-0.05, 0) is 62.6 Å². The summed E-state index contributed by atoms with van der Waals surface area (Å²) in [4.78, 5) is 53.1. The molecule has 0 aliphatic carbocycles. The van der Waals surface area contributed by atoms with Crippen molar-refractivity contribution in [3.8, 4) is 5.75 Å². The molecule has 0 radical (unpaired) electrons. The van der Waals surface area contributed by atoms with Crippen molar-refractivity contribution in [2.45, 2.75) is 63.1 Å². The molecule has 4 amide bonds. The van der Waals surface area contributed by atoms with E-state index in [4.69, 9.17) is 0 Å². The lowest BCUT2D eigenvalue weighted by atomic mass is 9.92. The maximum absolute atomic E-state index is 13.7. The Labute approximate surface area is 236 Å². The monoisotopic (exact) mass is 562 g/mol. The van der Waals surface area contributed by atoms with Gasteiger partial charge in [-0.2, -0.15) is 12.6 Å². The molecule has 1 aromatic carbocycles. The Hall–Kier alpha value is -2.79. The smallest absolute Gasteiger partial charge is 0.246 e. The molecule has 4 atom stereocenters. The summed E-state index contributed by atoms with van der Waals surface area (Å²) in [6, 6.07) is 4.63. The zero-order valence-corrected chi connectivity index (χ0v) is 24.2. The third-order valence-electron chi connectivity index (χ3n) is 7.43. The van der Waals surface area contributed by atoms with Gasteiger partial charge in [0.2, 0.25) is 23.6 Å². The number of nitrogens with zero attached hydrogens (tertiary/aromatic N) is 2. The summed E-state index contributed by atoms with van der Waals surface area (Å²) in [5.41, 5.74) is 0.724. The van der Waals surface area contributed by atoms with Crippen LogP contribution in [0.15, 0.2) is 24.3 Å². The van der Waals surface area contributed by atoms with Gasteiger partial charge in [0, 0.05) is 13.1 Å². The van der Waals surface area contributed by atoms with Gasteiger partial charge in [-0.3, -0.25) is 19.2 Å². The van der Waals surface area contributed by atoms with E-state index in [1.54, 1.807) is 29.2 Å². The molecule has 10 nitrogen and oxygen atoms in total. The fourth-order valence-corrected chi connectivity index (χ4v) is 5.51.